The fourth-order valence-corrected chi connectivity index (χ4v) is 4.76. The van der Waals surface area contributed by atoms with E-state index >= 15 is 0 Å². The molecule has 2 saturated heterocycles. The third-order valence-electron chi connectivity index (χ3n) is 6.42. The maximum atomic E-state index is 12.9. The van der Waals surface area contributed by atoms with E-state index in [1.165, 1.54) is 6.42 Å². The second-order valence-electron chi connectivity index (χ2n) is 8.61. The smallest absolute Gasteiger partial charge is 0.225 e. The van der Waals surface area contributed by atoms with Gasteiger partial charge in [0.25, 0.3) is 0 Å². The van der Waals surface area contributed by atoms with Gasteiger partial charge in [-0.3, -0.25) is 4.79 Å². The molecule has 25 heavy (non-hydrogen) atoms. The molecule has 3 aliphatic rings. The molecule has 4 rings (SSSR count). The zero-order valence-corrected chi connectivity index (χ0v) is 15.5. The molecule has 1 aromatic rings. The van der Waals surface area contributed by atoms with Gasteiger partial charge in [-0.05, 0) is 31.6 Å². The minimum Gasteiger partial charge on any atom is -0.381 e. The van der Waals surface area contributed by atoms with Crippen LogP contribution in [0.5, 0.6) is 0 Å². The van der Waals surface area contributed by atoms with Crippen molar-refractivity contribution >= 4 is 5.91 Å². The summed E-state index contributed by atoms with van der Waals surface area (Å²) in [6, 6.07) is 0. The van der Waals surface area contributed by atoms with Crippen molar-refractivity contribution in [2.24, 2.45) is 17.3 Å². The van der Waals surface area contributed by atoms with Crippen LogP contribution in [-0.4, -0.2) is 51.9 Å². The van der Waals surface area contributed by atoms with Crippen LogP contribution in [-0.2, 0) is 16.1 Å². The van der Waals surface area contributed by atoms with Crippen LogP contribution in [0.1, 0.15) is 57.7 Å². The largest absolute Gasteiger partial charge is 0.381 e. The lowest BCUT2D eigenvalue weighted by Gasteiger charge is -2.37. The average Bonchev–Trinajstić information content (AvgIpc) is 3.10. The molecular formula is C19H30N4O2. The van der Waals surface area contributed by atoms with Gasteiger partial charge in [-0.15, -0.1) is 10.2 Å². The lowest BCUT2D eigenvalue weighted by atomic mass is 9.71. The Hall–Kier alpha value is -1.43. The van der Waals surface area contributed by atoms with Gasteiger partial charge in [0.15, 0.2) is 0 Å². The Morgan fingerprint density at radius 2 is 2.12 bits per heavy atom. The first-order valence-corrected chi connectivity index (χ1v) is 9.83. The molecule has 6 heteroatoms. The van der Waals surface area contributed by atoms with Crippen LogP contribution in [0.25, 0.3) is 0 Å². The molecule has 3 fully saturated rings. The van der Waals surface area contributed by atoms with Crippen molar-refractivity contribution in [3.05, 3.63) is 12.2 Å². The number of hydrogen-bond acceptors (Lipinski definition) is 4. The molecule has 1 atom stereocenters. The van der Waals surface area contributed by atoms with Gasteiger partial charge in [-0.25, -0.2) is 0 Å². The highest BCUT2D eigenvalue weighted by molar-refractivity contribution is 5.80. The average molecular weight is 346 g/mol. The molecule has 1 saturated carbocycles. The number of likely N-dealkylation sites (tertiary alicyclic amines) is 1. The molecule has 3 heterocycles. The van der Waals surface area contributed by atoms with Gasteiger partial charge in [-0.2, -0.15) is 0 Å². The summed E-state index contributed by atoms with van der Waals surface area (Å²) in [5, 5.41) is 8.72. The van der Waals surface area contributed by atoms with Crippen LogP contribution in [0.3, 0.4) is 0 Å². The quantitative estimate of drug-likeness (QED) is 0.840. The number of carbonyl (C=O) groups is 1. The highest BCUT2D eigenvalue weighted by Gasteiger charge is 2.51. The molecule has 1 aliphatic carbocycles. The Kier molecular flexibility index (Phi) is 4.56. The third kappa shape index (κ3) is 3.09. The lowest BCUT2D eigenvalue weighted by molar-refractivity contribution is -0.137. The van der Waals surface area contributed by atoms with E-state index in [0.29, 0.717) is 11.8 Å². The Morgan fingerprint density at radius 3 is 2.76 bits per heavy atom. The van der Waals surface area contributed by atoms with E-state index in [9.17, 15) is 4.79 Å². The summed E-state index contributed by atoms with van der Waals surface area (Å²) in [7, 11) is 0. The van der Waals surface area contributed by atoms with Gasteiger partial charge in [0, 0.05) is 50.1 Å². The molecular weight excluding hydrogens is 316 g/mol. The molecule has 1 aromatic heterocycles. The van der Waals surface area contributed by atoms with E-state index in [0.717, 1.165) is 64.4 Å². The highest BCUT2D eigenvalue weighted by atomic mass is 16.5. The van der Waals surface area contributed by atoms with Gasteiger partial charge in [0.1, 0.15) is 12.2 Å². The summed E-state index contributed by atoms with van der Waals surface area (Å²) in [6.45, 7) is 8.61. The van der Waals surface area contributed by atoms with Crippen molar-refractivity contribution in [3.8, 4) is 0 Å². The zero-order chi connectivity index (χ0) is 17.4. The Labute approximate surface area is 149 Å². The summed E-state index contributed by atoms with van der Waals surface area (Å²) in [5.41, 5.74) is 0.111. The van der Waals surface area contributed by atoms with E-state index < -0.39 is 0 Å². The molecule has 0 aromatic carbocycles. The second kappa shape index (κ2) is 6.71. The minimum absolute atomic E-state index is 0.111. The zero-order valence-electron chi connectivity index (χ0n) is 15.5. The van der Waals surface area contributed by atoms with Gasteiger partial charge in [-0.1, -0.05) is 20.3 Å². The molecule has 2 aliphatic heterocycles. The van der Waals surface area contributed by atoms with Gasteiger partial charge >= 0.3 is 0 Å². The van der Waals surface area contributed by atoms with Crippen molar-refractivity contribution in [3.63, 3.8) is 0 Å². The normalized spacial score (nSPS) is 26.4. The molecule has 0 radical (unpaired) electrons. The van der Waals surface area contributed by atoms with E-state index in [2.05, 4.69) is 33.5 Å². The molecule has 1 amide bonds. The molecule has 1 unspecified atom stereocenters. The first kappa shape index (κ1) is 17.0. The van der Waals surface area contributed by atoms with Gasteiger partial charge in [0.2, 0.25) is 5.91 Å². The van der Waals surface area contributed by atoms with Crippen molar-refractivity contribution in [2.45, 2.75) is 58.4 Å². The van der Waals surface area contributed by atoms with Crippen LogP contribution >= 0.6 is 0 Å². The predicted molar refractivity (Wildman–Crippen MR) is 94.0 cm³/mol. The van der Waals surface area contributed by atoms with Gasteiger partial charge < -0.3 is 14.2 Å². The lowest BCUT2D eigenvalue weighted by Crippen LogP contribution is -2.40. The maximum Gasteiger partial charge on any atom is 0.225 e. The number of amides is 1. The molecule has 0 N–H and O–H groups in total. The fourth-order valence-electron chi connectivity index (χ4n) is 4.76. The Bertz CT molecular complexity index is 617. The molecule has 138 valence electrons. The van der Waals surface area contributed by atoms with Crippen molar-refractivity contribution in [2.75, 3.05) is 26.3 Å². The van der Waals surface area contributed by atoms with Crippen LogP contribution in [0.2, 0.25) is 0 Å². The first-order valence-electron chi connectivity index (χ1n) is 9.83. The van der Waals surface area contributed by atoms with Crippen LogP contribution in [0.15, 0.2) is 6.33 Å². The van der Waals surface area contributed by atoms with Gasteiger partial charge in [0.05, 0.1) is 0 Å². The Morgan fingerprint density at radius 1 is 1.36 bits per heavy atom. The predicted octanol–water partition coefficient (Wildman–Crippen LogP) is 2.46. The fraction of sp³-hybridized carbons (Fsp3) is 0.842. The molecule has 6 nitrogen and oxygen atoms in total. The maximum absolute atomic E-state index is 12.9. The van der Waals surface area contributed by atoms with E-state index in [1.54, 1.807) is 0 Å². The number of ether oxygens (including phenoxy) is 1. The number of aromatic nitrogens is 3. The molecule has 1 spiro atoms. The second-order valence-corrected chi connectivity index (χ2v) is 8.61. The van der Waals surface area contributed by atoms with Crippen LogP contribution in [0.4, 0.5) is 0 Å². The van der Waals surface area contributed by atoms with E-state index in [-0.39, 0.29) is 17.3 Å². The van der Waals surface area contributed by atoms with Crippen molar-refractivity contribution < 1.29 is 9.53 Å². The summed E-state index contributed by atoms with van der Waals surface area (Å²) in [4.78, 5) is 15.0. The molecule has 0 bridgehead atoms. The minimum atomic E-state index is 0.111. The van der Waals surface area contributed by atoms with E-state index in [4.69, 9.17) is 4.74 Å². The number of nitrogens with zero attached hydrogens (tertiary/aromatic N) is 4. The summed E-state index contributed by atoms with van der Waals surface area (Å²) in [5.74, 6) is 2.54. The highest BCUT2D eigenvalue weighted by Crippen LogP contribution is 2.49. The standard InChI is InChI=1S/C19H30N4O2/c1-14(2)10-23-13-20-21-17(23)16-11-22(18(24)15-4-3-5-15)12-19(16)6-8-25-9-7-19/h13-16H,3-12H2,1-2H3. The monoisotopic (exact) mass is 346 g/mol. The van der Waals surface area contributed by atoms with Crippen molar-refractivity contribution in [1.29, 1.82) is 0 Å². The number of hydrogen-bond donors (Lipinski definition) is 0. The summed E-state index contributed by atoms with van der Waals surface area (Å²) in [6.07, 6.45) is 7.23. The first-order chi connectivity index (χ1) is 12.1. The summed E-state index contributed by atoms with van der Waals surface area (Å²) < 4.78 is 7.86. The topological polar surface area (TPSA) is 60.2 Å². The summed E-state index contributed by atoms with van der Waals surface area (Å²) >= 11 is 0. The van der Waals surface area contributed by atoms with Crippen LogP contribution < -0.4 is 0 Å². The Balaban J connectivity index is 1.61. The van der Waals surface area contributed by atoms with Crippen molar-refractivity contribution in [1.82, 2.24) is 19.7 Å². The third-order valence-corrected chi connectivity index (χ3v) is 6.42. The number of rotatable bonds is 4. The van der Waals surface area contributed by atoms with Crippen LogP contribution in [0, 0.1) is 17.3 Å². The SMILES string of the molecule is CC(C)Cn1cnnc1C1CN(C(=O)C2CCC2)CC12CCOCC2. The number of carbonyl (C=O) groups excluding carboxylic acids is 1. The van der Waals surface area contributed by atoms with E-state index in [1.807, 2.05) is 6.33 Å².